The minimum atomic E-state index is -0.580. The van der Waals surface area contributed by atoms with E-state index in [-0.39, 0.29) is 0 Å². The molecule has 0 amide bonds. The van der Waals surface area contributed by atoms with Crippen molar-refractivity contribution in [3.8, 4) is 0 Å². The number of rotatable bonds is 4. The topological polar surface area (TPSA) is 33.1 Å². The molecule has 86 valence electrons. The third-order valence-corrected chi connectivity index (χ3v) is 4.39. The van der Waals surface area contributed by atoms with Crippen molar-refractivity contribution in [2.45, 2.75) is 30.2 Å². The summed E-state index contributed by atoms with van der Waals surface area (Å²) in [7, 11) is 0. The summed E-state index contributed by atoms with van der Waals surface area (Å²) in [5.41, 5.74) is 0.488. The molecule has 0 saturated carbocycles. The Kier molecular flexibility index (Phi) is 3.52. The molecule has 0 saturated heterocycles. The standard InChI is InChI=1S/C12H15NOS2/c1-12(2,14)7-8-15-11-13-9-5-3-4-6-10(9)16-11/h3-6,14H,7-8H2,1-2H3. The summed E-state index contributed by atoms with van der Waals surface area (Å²) in [4.78, 5) is 4.53. The van der Waals surface area contributed by atoms with Crippen molar-refractivity contribution in [1.29, 1.82) is 0 Å². The van der Waals surface area contributed by atoms with E-state index in [9.17, 15) is 5.11 Å². The quantitative estimate of drug-likeness (QED) is 0.846. The number of thiazole rings is 1. The number of fused-ring (bicyclic) bond motifs is 1. The highest BCUT2D eigenvalue weighted by Gasteiger charge is 2.12. The number of aliphatic hydroxyl groups is 1. The van der Waals surface area contributed by atoms with Gasteiger partial charge in [0.25, 0.3) is 0 Å². The van der Waals surface area contributed by atoms with Gasteiger partial charge in [0.05, 0.1) is 15.8 Å². The van der Waals surface area contributed by atoms with Gasteiger partial charge in [0, 0.05) is 5.75 Å². The molecule has 0 aliphatic carbocycles. The van der Waals surface area contributed by atoms with Gasteiger partial charge >= 0.3 is 0 Å². The molecule has 0 bridgehead atoms. The SMILES string of the molecule is CC(C)(O)CCSc1nc2ccccc2s1. The van der Waals surface area contributed by atoms with E-state index in [1.807, 2.05) is 32.0 Å². The maximum absolute atomic E-state index is 9.61. The molecule has 16 heavy (non-hydrogen) atoms. The van der Waals surface area contributed by atoms with Crippen LogP contribution in [0.5, 0.6) is 0 Å². The molecule has 0 atom stereocenters. The van der Waals surface area contributed by atoms with Crippen LogP contribution in [0.25, 0.3) is 10.2 Å². The fourth-order valence-electron chi connectivity index (χ4n) is 1.30. The molecule has 4 heteroatoms. The summed E-state index contributed by atoms with van der Waals surface area (Å²) in [6.07, 6.45) is 0.785. The van der Waals surface area contributed by atoms with Gasteiger partial charge in [-0.1, -0.05) is 23.9 Å². The van der Waals surface area contributed by atoms with E-state index in [0.717, 1.165) is 22.0 Å². The van der Waals surface area contributed by atoms with Gasteiger partial charge in [-0.2, -0.15) is 0 Å². The van der Waals surface area contributed by atoms with Gasteiger partial charge in [0.1, 0.15) is 0 Å². The average Bonchev–Trinajstić information content (AvgIpc) is 2.57. The van der Waals surface area contributed by atoms with E-state index in [1.165, 1.54) is 4.70 Å². The molecule has 2 aromatic rings. The zero-order valence-electron chi connectivity index (χ0n) is 9.43. The van der Waals surface area contributed by atoms with E-state index in [4.69, 9.17) is 0 Å². The summed E-state index contributed by atoms with van der Waals surface area (Å²) < 4.78 is 2.32. The molecule has 1 heterocycles. The Bertz CT molecular complexity index is 440. The lowest BCUT2D eigenvalue weighted by atomic mass is 10.1. The van der Waals surface area contributed by atoms with E-state index in [1.54, 1.807) is 23.1 Å². The van der Waals surface area contributed by atoms with Crippen molar-refractivity contribution in [3.05, 3.63) is 24.3 Å². The molecular weight excluding hydrogens is 238 g/mol. The Morgan fingerprint density at radius 1 is 1.38 bits per heavy atom. The predicted octanol–water partition coefficient (Wildman–Crippen LogP) is 3.55. The van der Waals surface area contributed by atoms with E-state index in [0.29, 0.717) is 0 Å². The second-order valence-corrected chi connectivity index (χ2v) is 6.73. The van der Waals surface area contributed by atoms with Gasteiger partial charge in [-0.05, 0) is 32.4 Å². The third-order valence-electron chi connectivity index (χ3n) is 2.21. The molecule has 0 radical (unpaired) electrons. The maximum atomic E-state index is 9.61. The van der Waals surface area contributed by atoms with E-state index >= 15 is 0 Å². The number of thioether (sulfide) groups is 1. The van der Waals surface area contributed by atoms with Crippen LogP contribution in [0, 0.1) is 0 Å². The lowest BCUT2D eigenvalue weighted by Gasteiger charge is -2.15. The molecule has 0 spiro atoms. The lowest BCUT2D eigenvalue weighted by molar-refractivity contribution is 0.0778. The Balaban J connectivity index is 2.00. The predicted molar refractivity (Wildman–Crippen MR) is 71.3 cm³/mol. The summed E-state index contributed by atoms with van der Waals surface area (Å²) in [5.74, 6) is 0.906. The van der Waals surface area contributed by atoms with Gasteiger partial charge in [-0.15, -0.1) is 11.3 Å². The Morgan fingerprint density at radius 2 is 2.12 bits per heavy atom. The minimum Gasteiger partial charge on any atom is -0.390 e. The minimum absolute atomic E-state index is 0.580. The largest absolute Gasteiger partial charge is 0.390 e. The highest BCUT2D eigenvalue weighted by atomic mass is 32.2. The normalized spacial score (nSPS) is 12.2. The van der Waals surface area contributed by atoms with Crippen molar-refractivity contribution in [2.24, 2.45) is 0 Å². The van der Waals surface area contributed by atoms with E-state index in [2.05, 4.69) is 11.1 Å². The number of hydrogen-bond donors (Lipinski definition) is 1. The van der Waals surface area contributed by atoms with Crippen LogP contribution >= 0.6 is 23.1 Å². The van der Waals surface area contributed by atoms with Crippen LogP contribution in [-0.4, -0.2) is 21.4 Å². The van der Waals surface area contributed by atoms with Crippen LogP contribution in [0.3, 0.4) is 0 Å². The zero-order valence-corrected chi connectivity index (χ0v) is 11.1. The second-order valence-electron chi connectivity index (χ2n) is 4.36. The van der Waals surface area contributed by atoms with Crippen LogP contribution in [0.2, 0.25) is 0 Å². The van der Waals surface area contributed by atoms with Crippen LogP contribution in [0.15, 0.2) is 28.6 Å². The number of para-hydroxylation sites is 1. The number of aromatic nitrogens is 1. The van der Waals surface area contributed by atoms with Crippen molar-refractivity contribution >= 4 is 33.3 Å². The fraction of sp³-hybridized carbons (Fsp3) is 0.417. The molecule has 0 aliphatic heterocycles. The Morgan fingerprint density at radius 3 is 2.81 bits per heavy atom. The zero-order chi connectivity index (χ0) is 11.6. The van der Waals surface area contributed by atoms with E-state index < -0.39 is 5.60 Å². The first kappa shape index (κ1) is 11.9. The molecule has 0 unspecified atom stereocenters. The smallest absolute Gasteiger partial charge is 0.151 e. The summed E-state index contributed by atoms with van der Waals surface area (Å²) in [6, 6.07) is 8.16. The van der Waals surface area contributed by atoms with Gasteiger partial charge in [0.15, 0.2) is 4.34 Å². The van der Waals surface area contributed by atoms with Gasteiger partial charge in [-0.25, -0.2) is 4.98 Å². The number of hydrogen-bond acceptors (Lipinski definition) is 4. The van der Waals surface area contributed by atoms with Gasteiger partial charge in [0.2, 0.25) is 0 Å². The van der Waals surface area contributed by atoms with Crippen molar-refractivity contribution in [3.63, 3.8) is 0 Å². The molecule has 1 aromatic carbocycles. The number of nitrogens with zero attached hydrogens (tertiary/aromatic N) is 1. The molecule has 1 aromatic heterocycles. The van der Waals surface area contributed by atoms with Crippen LogP contribution in [0.1, 0.15) is 20.3 Å². The summed E-state index contributed by atoms with van der Waals surface area (Å²) in [6.45, 7) is 3.68. The molecule has 2 rings (SSSR count). The lowest BCUT2D eigenvalue weighted by Crippen LogP contribution is -2.18. The van der Waals surface area contributed by atoms with Crippen molar-refractivity contribution in [2.75, 3.05) is 5.75 Å². The first-order chi connectivity index (χ1) is 7.54. The first-order valence-corrected chi connectivity index (χ1v) is 7.05. The molecule has 0 fully saturated rings. The molecular formula is C12H15NOS2. The first-order valence-electron chi connectivity index (χ1n) is 5.25. The molecule has 2 nitrogen and oxygen atoms in total. The summed E-state index contributed by atoms with van der Waals surface area (Å²) >= 11 is 3.44. The van der Waals surface area contributed by atoms with Crippen LogP contribution in [0.4, 0.5) is 0 Å². The monoisotopic (exact) mass is 253 g/mol. The van der Waals surface area contributed by atoms with Crippen LogP contribution < -0.4 is 0 Å². The highest BCUT2D eigenvalue weighted by Crippen LogP contribution is 2.30. The van der Waals surface area contributed by atoms with Crippen LogP contribution in [-0.2, 0) is 0 Å². The molecule has 1 N–H and O–H groups in total. The summed E-state index contributed by atoms with van der Waals surface area (Å²) in [5, 5.41) is 9.61. The fourth-order valence-corrected chi connectivity index (χ4v) is 3.69. The average molecular weight is 253 g/mol. The van der Waals surface area contributed by atoms with Gasteiger partial charge in [-0.3, -0.25) is 0 Å². The van der Waals surface area contributed by atoms with Gasteiger partial charge < -0.3 is 5.11 Å². The Labute approximate surface area is 104 Å². The van der Waals surface area contributed by atoms with Crippen molar-refractivity contribution < 1.29 is 5.11 Å². The maximum Gasteiger partial charge on any atom is 0.151 e. The second kappa shape index (κ2) is 4.73. The van der Waals surface area contributed by atoms with Crippen molar-refractivity contribution in [1.82, 2.24) is 4.98 Å². The Hall–Kier alpha value is -0.580. The third kappa shape index (κ3) is 3.20. The highest BCUT2D eigenvalue weighted by molar-refractivity contribution is 8.01. The number of benzene rings is 1. The molecule has 0 aliphatic rings.